The maximum atomic E-state index is 12.6. The Kier molecular flexibility index (Phi) is 5.24. The molecule has 2 aromatic rings. The first-order chi connectivity index (χ1) is 12.0. The Bertz CT molecular complexity index is 779. The molecule has 0 saturated heterocycles. The van der Waals surface area contributed by atoms with E-state index in [9.17, 15) is 9.59 Å². The molecule has 2 amide bonds. The smallest absolute Gasteiger partial charge is 0.318 e. The lowest BCUT2D eigenvalue weighted by Crippen LogP contribution is -2.45. The van der Waals surface area contributed by atoms with Crippen molar-refractivity contribution >= 4 is 23.6 Å². The molecule has 130 valence electrons. The Hall–Kier alpha value is -2.53. The lowest BCUT2D eigenvalue weighted by atomic mass is 9.90. The highest BCUT2D eigenvalue weighted by molar-refractivity contribution is 6.30. The molecule has 0 saturated carbocycles. The lowest BCUT2D eigenvalue weighted by molar-refractivity contribution is -0.136. The van der Waals surface area contributed by atoms with Crippen LogP contribution in [0.15, 0.2) is 48.5 Å². The van der Waals surface area contributed by atoms with E-state index in [0.717, 1.165) is 11.1 Å². The first-order valence-electron chi connectivity index (χ1n) is 8.13. The number of nitrogens with one attached hydrogen (secondary N) is 1. The summed E-state index contributed by atoms with van der Waals surface area (Å²) in [4.78, 5) is 25.1. The molecule has 1 aliphatic rings. The van der Waals surface area contributed by atoms with E-state index in [1.54, 1.807) is 4.90 Å². The van der Waals surface area contributed by atoms with Crippen LogP contribution in [0.25, 0.3) is 0 Å². The molecule has 1 atom stereocenters. The SMILES string of the molecule is O=C(O)CCNC(=O)N1Cc2cc(Cl)ccc2CC1c1ccccc1. The van der Waals surface area contributed by atoms with Crippen molar-refractivity contribution in [3.05, 3.63) is 70.2 Å². The quantitative estimate of drug-likeness (QED) is 0.876. The van der Waals surface area contributed by atoms with Crippen molar-refractivity contribution in [1.82, 2.24) is 10.2 Å². The number of rotatable bonds is 4. The summed E-state index contributed by atoms with van der Waals surface area (Å²) in [6.45, 7) is 0.545. The van der Waals surface area contributed by atoms with Gasteiger partial charge in [-0.05, 0) is 35.2 Å². The standard InChI is InChI=1S/C19H19ClN2O3/c20-16-7-6-14-11-17(13-4-2-1-3-5-13)22(12-15(14)10-16)19(25)21-9-8-18(23)24/h1-7,10,17H,8-9,11-12H2,(H,21,25)(H,23,24). The van der Waals surface area contributed by atoms with E-state index in [-0.39, 0.29) is 25.0 Å². The molecule has 1 aliphatic heterocycles. The number of hydrogen-bond acceptors (Lipinski definition) is 2. The molecule has 0 radical (unpaired) electrons. The van der Waals surface area contributed by atoms with E-state index >= 15 is 0 Å². The average Bonchev–Trinajstić information content (AvgIpc) is 2.61. The fourth-order valence-electron chi connectivity index (χ4n) is 3.12. The monoisotopic (exact) mass is 358 g/mol. The number of carboxylic acid groups (broad SMARTS) is 1. The molecule has 6 heteroatoms. The van der Waals surface area contributed by atoms with Crippen LogP contribution in [0.4, 0.5) is 4.79 Å². The van der Waals surface area contributed by atoms with Gasteiger partial charge in [0.1, 0.15) is 0 Å². The van der Waals surface area contributed by atoms with Gasteiger partial charge in [0.25, 0.3) is 0 Å². The number of urea groups is 1. The van der Waals surface area contributed by atoms with Crippen molar-refractivity contribution < 1.29 is 14.7 Å². The highest BCUT2D eigenvalue weighted by atomic mass is 35.5. The summed E-state index contributed by atoms with van der Waals surface area (Å²) in [5.74, 6) is -0.935. The minimum Gasteiger partial charge on any atom is -0.481 e. The number of nitrogens with zero attached hydrogens (tertiary/aromatic N) is 1. The predicted molar refractivity (Wildman–Crippen MR) is 95.5 cm³/mol. The minimum absolute atomic E-state index is 0.0975. The van der Waals surface area contributed by atoms with E-state index in [0.29, 0.717) is 18.0 Å². The second-order valence-corrected chi connectivity index (χ2v) is 6.48. The Morgan fingerprint density at radius 3 is 2.64 bits per heavy atom. The number of carbonyl (C=O) groups excluding carboxylic acids is 1. The number of carbonyl (C=O) groups is 2. The highest BCUT2D eigenvalue weighted by Gasteiger charge is 2.30. The molecule has 2 aromatic carbocycles. The minimum atomic E-state index is -0.935. The van der Waals surface area contributed by atoms with Crippen molar-refractivity contribution in [1.29, 1.82) is 0 Å². The number of aliphatic carboxylic acids is 1. The summed E-state index contributed by atoms with van der Waals surface area (Å²) in [6.07, 6.45) is 0.598. The molecule has 3 rings (SSSR count). The number of hydrogen-bond donors (Lipinski definition) is 2. The van der Waals surface area contributed by atoms with Crippen molar-refractivity contribution in [3.8, 4) is 0 Å². The largest absolute Gasteiger partial charge is 0.481 e. The van der Waals surface area contributed by atoms with Gasteiger partial charge in [0, 0.05) is 18.1 Å². The topological polar surface area (TPSA) is 69.6 Å². The summed E-state index contributed by atoms with van der Waals surface area (Å²) in [5.41, 5.74) is 3.25. The maximum Gasteiger partial charge on any atom is 0.318 e. The van der Waals surface area contributed by atoms with Gasteiger partial charge in [-0.3, -0.25) is 4.79 Å². The zero-order chi connectivity index (χ0) is 17.8. The van der Waals surface area contributed by atoms with E-state index in [2.05, 4.69) is 5.32 Å². The molecule has 1 unspecified atom stereocenters. The number of benzene rings is 2. The molecule has 25 heavy (non-hydrogen) atoms. The average molecular weight is 359 g/mol. The van der Waals surface area contributed by atoms with Crippen LogP contribution in [0.2, 0.25) is 5.02 Å². The Balaban J connectivity index is 1.86. The molecular formula is C19H19ClN2O3. The number of fused-ring (bicyclic) bond motifs is 1. The Morgan fingerprint density at radius 2 is 1.92 bits per heavy atom. The number of amides is 2. The molecule has 2 N–H and O–H groups in total. The molecule has 0 aliphatic carbocycles. The van der Waals surface area contributed by atoms with Crippen LogP contribution in [0.3, 0.4) is 0 Å². The number of carboxylic acids is 1. The van der Waals surface area contributed by atoms with Gasteiger partial charge in [0.15, 0.2) is 0 Å². The second-order valence-electron chi connectivity index (χ2n) is 6.05. The van der Waals surface area contributed by atoms with E-state index in [1.807, 2.05) is 48.5 Å². The highest BCUT2D eigenvalue weighted by Crippen LogP contribution is 2.34. The van der Waals surface area contributed by atoms with Gasteiger partial charge in [0.05, 0.1) is 12.5 Å². The Labute approximate surface area is 151 Å². The van der Waals surface area contributed by atoms with Crippen molar-refractivity contribution in [2.45, 2.75) is 25.4 Å². The third-order valence-corrected chi connectivity index (χ3v) is 4.59. The first-order valence-corrected chi connectivity index (χ1v) is 8.51. The van der Waals surface area contributed by atoms with E-state index < -0.39 is 5.97 Å². The third kappa shape index (κ3) is 4.12. The summed E-state index contributed by atoms with van der Waals surface area (Å²) in [7, 11) is 0. The normalized spacial score (nSPS) is 16.2. The van der Waals surface area contributed by atoms with Gasteiger partial charge < -0.3 is 15.3 Å². The van der Waals surface area contributed by atoms with Gasteiger partial charge in [0.2, 0.25) is 0 Å². The molecule has 0 spiro atoms. The summed E-state index contributed by atoms with van der Waals surface area (Å²) in [6, 6.07) is 15.2. The summed E-state index contributed by atoms with van der Waals surface area (Å²) < 4.78 is 0. The van der Waals surface area contributed by atoms with Crippen LogP contribution in [-0.2, 0) is 17.8 Å². The second kappa shape index (κ2) is 7.57. The van der Waals surface area contributed by atoms with E-state index in [4.69, 9.17) is 16.7 Å². The zero-order valence-electron chi connectivity index (χ0n) is 13.6. The molecule has 0 aromatic heterocycles. The fourth-order valence-corrected chi connectivity index (χ4v) is 3.31. The molecule has 5 nitrogen and oxygen atoms in total. The summed E-state index contributed by atoms with van der Waals surface area (Å²) >= 11 is 6.09. The zero-order valence-corrected chi connectivity index (χ0v) is 14.4. The van der Waals surface area contributed by atoms with Crippen LogP contribution in [0, 0.1) is 0 Å². The van der Waals surface area contributed by atoms with Gasteiger partial charge in [-0.25, -0.2) is 4.79 Å². The third-order valence-electron chi connectivity index (χ3n) is 4.36. The van der Waals surface area contributed by atoms with E-state index in [1.165, 1.54) is 5.56 Å². The van der Waals surface area contributed by atoms with Crippen LogP contribution in [-0.4, -0.2) is 28.6 Å². The van der Waals surface area contributed by atoms with Crippen LogP contribution < -0.4 is 5.32 Å². The lowest BCUT2D eigenvalue weighted by Gasteiger charge is -2.37. The van der Waals surface area contributed by atoms with Gasteiger partial charge >= 0.3 is 12.0 Å². The van der Waals surface area contributed by atoms with Crippen molar-refractivity contribution in [3.63, 3.8) is 0 Å². The van der Waals surface area contributed by atoms with Crippen LogP contribution in [0.1, 0.15) is 29.2 Å². The van der Waals surface area contributed by atoms with Crippen molar-refractivity contribution in [2.24, 2.45) is 0 Å². The molecule has 0 fully saturated rings. The summed E-state index contributed by atoms with van der Waals surface area (Å²) in [5, 5.41) is 12.1. The Morgan fingerprint density at radius 1 is 1.16 bits per heavy atom. The first kappa shape index (κ1) is 17.3. The number of halogens is 1. The van der Waals surface area contributed by atoms with Gasteiger partial charge in [-0.1, -0.05) is 48.0 Å². The molecule has 0 bridgehead atoms. The molecule has 1 heterocycles. The maximum absolute atomic E-state index is 12.6. The van der Waals surface area contributed by atoms with Gasteiger partial charge in [-0.15, -0.1) is 0 Å². The van der Waals surface area contributed by atoms with Crippen LogP contribution in [0.5, 0.6) is 0 Å². The van der Waals surface area contributed by atoms with Gasteiger partial charge in [-0.2, -0.15) is 0 Å². The predicted octanol–water partition coefficient (Wildman–Crippen LogP) is 3.62. The fraction of sp³-hybridized carbons (Fsp3) is 0.263. The van der Waals surface area contributed by atoms with Crippen LogP contribution >= 0.6 is 11.6 Å². The van der Waals surface area contributed by atoms with Crippen molar-refractivity contribution in [2.75, 3.05) is 6.54 Å². The molecular weight excluding hydrogens is 340 g/mol.